The average Bonchev–Trinajstić information content (AvgIpc) is 2.64. The van der Waals surface area contributed by atoms with Gasteiger partial charge < -0.3 is 10.1 Å². The van der Waals surface area contributed by atoms with E-state index in [1.807, 2.05) is 0 Å². The number of nitrogens with one attached hydrogen (secondary N) is 1. The number of rotatable bonds is 5. The van der Waals surface area contributed by atoms with Gasteiger partial charge in [-0.25, -0.2) is 0 Å². The van der Waals surface area contributed by atoms with Gasteiger partial charge in [0.25, 0.3) is 5.69 Å². The molecule has 0 spiro atoms. The molecule has 1 heterocycles. The van der Waals surface area contributed by atoms with Gasteiger partial charge in [-0.2, -0.15) is 0 Å². The van der Waals surface area contributed by atoms with E-state index in [1.165, 1.54) is 18.2 Å². The number of piperazine rings is 1. The molecule has 1 atom stereocenters. The van der Waals surface area contributed by atoms with Crippen molar-refractivity contribution in [2.45, 2.75) is 12.4 Å². The Morgan fingerprint density at radius 3 is 2.29 bits per heavy atom. The van der Waals surface area contributed by atoms with Crippen LogP contribution in [0.3, 0.4) is 0 Å². The third kappa shape index (κ3) is 5.00. The van der Waals surface area contributed by atoms with Crippen LogP contribution in [-0.2, 0) is 0 Å². The summed E-state index contributed by atoms with van der Waals surface area (Å²) in [7, 11) is 0. The molecule has 6 nitrogen and oxygen atoms in total. The summed E-state index contributed by atoms with van der Waals surface area (Å²) < 4.78 is 41.5. The molecule has 0 unspecified atom stereocenters. The van der Waals surface area contributed by atoms with Gasteiger partial charge >= 0.3 is 6.36 Å². The summed E-state index contributed by atoms with van der Waals surface area (Å²) in [5.41, 5.74) is 1.36. The maximum absolute atomic E-state index is 12.4. The molecule has 0 amide bonds. The fourth-order valence-electron chi connectivity index (χ4n) is 3.25. The fourth-order valence-corrected chi connectivity index (χ4v) is 3.64. The minimum atomic E-state index is -4.76. The lowest BCUT2D eigenvalue weighted by Crippen LogP contribution is -2.45. The van der Waals surface area contributed by atoms with Crippen LogP contribution >= 0.6 is 15.9 Å². The first kappa shape index (κ1) is 20.6. The molecule has 0 aliphatic carbocycles. The zero-order valence-electron chi connectivity index (χ0n) is 14.6. The van der Waals surface area contributed by atoms with Crippen LogP contribution in [0.2, 0.25) is 0 Å². The highest BCUT2D eigenvalue weighted by atomic mass is 79.9. The number of nitro benzene ring substituents is 1. The fraction of sp³-hybridized carbons (Fsp3) is 0.333. The summed E-state index contributed by atoms with van der Waals surface area (Å²) >= 11 is 3.18. The number of nitrogens with zero attached hydrogens (tertiary/aromatic N) is 2. The highest BCUT2D eigenvalue weighted by molar-refractivity contribution is 9.10. The van der Waals surface area contributed by atoms with Crippen LogP contribution in [-0.4, -0.2) is 42.4 Å². The van der Waals surface area contributed by atoms with Gasteiger partial charge in [-0.1, -0.05) is 18.2 Å². The average molecular weight is 460 g/mol. The Hall–Kier alpha value is -2.17. The molecule has 1 aliphatic heterocycles. The van der Waals surface area contributed by atoms with E-state index in [4.69, 9.17) is 0 Å². The normalized spacial score (nSPS) is 16.6. The molecule has 3 rings (SSSR count). The van der Waals surface area contributed by atoms with Crippen LogP contribution in [0.15, 0.2) is 46.9 Å². The molecule has 1 aliphatic rings. The van der Waals surface area contributed by atoms with E-state index in [0.717, 1.165) is 18.7 Å². The number of hydrogen-bond acceptors (Lipinski definition) is 5. The molecule has 1 N–H and O–H groups in total. The van der Waals surface area contributed by atoms with Crippen molar-refractivity contribution >= 4 is 21.6 Å². The van der Waals surface area contributed by atoms with Gasteiger partial charge in [0.1, 0.15) is 5.75 Å². The minimum absolute atomic E-state index is 0.0605. The van der Waals surface area contributed by atoms with E-state index in [0.29, 0.717) is 23.1 Å². The quantitative estimate of drug-likeness (QED) is 0.534. The molecular formula is C18H17BrF3N3O3. The number of nitro groups is 1. The van der Waals surface area contributed by atoms with Crippen LogP contribution < -0.4 is 10.1 Å². The van der Waals surface area contributed by atoms with Gasteiger partial charge in [0, 0.05) is 32.2 Å². The molecule has 10 heteroatoms. The summed E-state index contributed by atoms with van der Waals surface area (Å²) in [5.74, 6) is -0.308. The Morgan fingerprint density at radius 1 is 1.11 bits per heavy atom. The first-order valence-corrected chi connectivity index (χ1v) is 9.28. The summed E-state index contributed by atoms with van der Waals surface area (Å²) in [6, 6.07) is 10.2. The monoisotopic (exact) mass is 459 g/mol. The van der Waals surface area contributed by atoms with Crippen LogP contribution in [0.25, 0.3) is 0 Å². The number of ether oxygens (including phenoxy) is 1. The molecule has 0 saturated carbocycles. The van der Waals surface area contributed by atoms with Crippen molar-refractivity contribution < 1.29 is 22.8 Å². The Morgan fingerprint density at radius 2 is 1.71 bits per heavy atom. The van der Waals surface area contributed by atoms with Crippen LogP contribution in [0.1, 0.15) is 17.2 Å². The van der Waals surface area contributed by atoms with Crippen LogP contribution in [0, 0.1) is 10.1 Å². The summed E-state index contributed by atoms with van der Waals surface area (Å²) in [4.78, 5) is 13.0. The molecule has 0 aromatic heterocycles. The van der Waals surface area contributed by atoms with Gasteiger partial charge in [-0.15, -0.1) is 13.2 Å². The third-order valence-electron chi connectivity index (χ3n) is 4.43. The largest absolute Gasteiger partial charge is 0.573 e. The van der Waals surface area contributed by atoms with Crippen molar-refractivity contribution in [3.63, 3.8) is 0 Å². The summed E-state index contributed by atoms with van der Waals surface area (Å²) in [6.45, 7) is 2.92. The summed E-state index contributed by atoms with van der Waals surface area (Å²) in [6.07, 6.45) is -4.76. The van der Waals surface area contributed by atoms with Crippen molar-refractivity contribution in [3.8, 4) is 5.75 Å². The molecule has 1 fully saturated rings. The topological polar surface area (TPSA) is 67.6 Å². The molecule has 1 saturated heterocycles. The highest BCUT2D eigenvalue weighted by Crippen LogP contribution is 2.35. The van der Waals surface area contributed by atoms with Gasteiger partial charge in [-0.05, 0) is 45.3 Å². The van der Waals surface area contributed by atoms with Crippen LogP contribution in [0.5, 0.6) is 5.75 Å². The predicted molar refractivity (Wildman–Crippen MR) is 100 cm³/mol. The minimum Gasteiger partial charge on any atom is -0.406 e. The summed E-state index contributed by atoms with van der Waals surface area (Å²) in [5, 5.41) is 14.6. The van der Waals surface area contributed by atoms with Gasteiger partial charge in [0.2, 0.25) is 0 Å². The molecule has 2 aromatic rings. The Bertz CT molecular complexity index is 840. The molecular weight excluding hydrogens is 443 g/mol. The number of hydrogen-bond donors (Lipinski definition) is 1. The number of alkyl halides is 3. The van der Waals surface area contributed by atoms with E-state index in [9.17, 15) is 23.3 Å². The van der Waals surface area contributed by atoms with Crippen LogP contribution in [0.4, 0.5) is 18.9 Å². The van der Waals surface area contributed by atoms with Gasteiger partial charge in [0.05, 0.1) is 15.4 Å². The SMILES string of the molecule is O=[N+]([O-])c1cc([C@@H](c2ccc(OC(F)(F)F)cc2)N2CCNCC2)ccc1Br. The maximum Gasteiger partial charge on any atom is 0.573 e. The molecule has 0 radical (unpaired) electrons. The smallest absolute Gasteiger partial charge is 0.406 e. The maximum atomic E-state index is 12.4. The first-order chi connectivity index (χ1) is 13.2. The molecule has 0 bridgehead atoms. The predicted octanol–water partition coefficient (Wildman–Crippen LogP) is 4.25. The zero-order chi connectivity index (χ0) is 20.3. The second kappa shape index (κ2) is 8.46. The standard InChI is InChI=1S/C18H17BrF3N3O3/c19-15-6-3-13(11-16(15)25(26)27)17(24-9-7-23-8-10-24)12-1-4-14(5-2-12)28-18(20,21)22/h1-6,11,17,23H,7-10H2/t17-/m1/s1. The Kier molecular flexibility index (Phi) is 6.21. The Balaban J connectivity index is 1.98. The lowest BCUT2D eigenvalue weighted by atomic mass is 9.96. The second-order valence-electron chi connectivity index (χ2n) is 6.27. The lowest BCUT2D eigenvalue weighted by Gasteiger charge is -2.35. The zero-order valence-corrected chi connectivity index (χ0v) is 16.2. The van der Waals surface area contributed by atoms with Crippen molar-refractivity contribution in [2.24, 2.45) is 0 Å². The van der Waals surface area contributed by atoms with Gasteiger partial charge in [0.15, 0.2) is 0 Å². The number of benzene rings is 2. The number of halogens is 4. The molecule has 28 heavy (non-hydrogen) atoms. The molecule has 150 valence electrons. The van der Waals surface area contributed by atoms with E-state index >= 15 is 0 Å². The van der Waals surface area contributed by atoms with Gasteiger partial charge in [-0.3, -0.25) is 15.0 Å². The lowest BCUT2D eigenvalue weighted by molar-refractivity contribution is -0.385. The van der Waals surface area contributed by atoms with E-state index in [2.05, 4.69) is 30.9 Å². The van der Waals surface area contributed by atoms with Crippen molar-refractivity contribution in [2.75, 3.05) is 26.2 Å². The van der Waals surface area contributed by atoms with Crippen molar-refractivity contribution in [3.05, 3.63) is 68.2 Å². The van der Waals surface area contributed by atoms with E-state index in [1.54, 1.807) is 24.3 Å². The second-order valence-corrected chi connectivity index (χ2v) is 7.13. The van der Waals surface area contributed by atoms with E-state index < -0.39 is 11.3 Å². The van der Waals surface area contributed by atoms with Crippen molar-refractivity contribution in [1.82, 2.24) is 10.2 Å². The van der Waals surface area contributed by atoms with Crippen molar-refractivity contribution in [1.29, 1.82) is 0 Å². The van der Waals surface area contributed by atoms with E-state index in [-0.39, 0.29) is 17.5 Å². The first-order valence-electron chi connectivity index (χ1n) is 8.49. The highest BCUT2D eigenvalue weighted by Gasteiger charge is 2.31. The Labute approximate surface area is 167 Å². The molecule has 2 aromatic carbocycles. The third-order valence-corrected chi connectivity index (χ3v) is 5.10.